The quantitative estimate of drug-likeness (QED) is 0.270. The zero-order valence-electron chi connectivity index (χ0n) is 17.8. The summed E-state index contributed by atoms with van der Waals surface area (Å²) in [6, 6.07) is 5.47. The second kappa shape index (κ2) is 12.2. The van der Waals surface area contributed by atoms with E-state index in [1.54, 1.807) is 0 Å². The molecule has 1 unspecified atom stereocenters. The summed E-state index contributed by atoms with van der Waals surface area (Å²) >= 11 is 6.34. The van der Waals surface area contributed by atoms with E-state index in [-0.39, 0.29) is 18.9 Å². The number of benzene rings is 1. The molecule has 2 rings (SSSR count). The van der Waals surface area contributed by atoms with Crippen LogP contribution in [-0.2, 0) is 16.1 Å². The van der Waals surface area contributed by atoms with Crippen molar-refractivity contribution in [2.75, 3.05) is 6.61 Å². The third kappa shape index (κ3) is 6.88. The molecule has 0 heterocycles. The smallest absolute Gasteiger partial charge is 0.321 e. The van der Waals surface area contributed by atoms with Crippen molar-refractivity contribution in [1.82, 2.24) is 5.32 Å². The van der Waals surface area contributed by atoms with E-state index in [4.69, 9.17) is 16.3 Å². The second-order valence-corrected chi connectivity index (χ2v) is 8.65. The van der Waals surface area contributed by atoms with E-state index in [1.165, 1.54) is 38.5 Å². The number of nitrogens with one attached hydrogen (secondary N) is 1. The largest absolute Gasteiger partial charge is 0.492 e. The van der Waals surface area contributed by atoms with Crippen LogP contribution in [0.5, 0.6) is 5.75 Å². The van der Waals surface area contributed by atoms with Crippen LogP contribution in [0.2, 0.25) is 5.02 Å². The molecule has 1 aromatic rings. The van der Waals surface area contributed by atoms with E-state index in [1.807, 2.05) is 18.2 Å². The van der Waals surface area contributed by atoms with Crippen molar-refractivity contribution in [2.45, 2.75) is 83.7 Å². The average Bonchev–Trinajstić information content (AvgIpc) is 3.16. The normalized spacial score (nSPS) is 17.7. The third-order valence-electron chi connectivity index (χ3n) is 5.93. The lowest BCUT2D eigenvalue weighted by Gasteiger charge is -2.19. The highest BCUT2D eigenvalue weighted by Crippen LogP contribution is 2.39. The summed E-state index contributed by atoms with van der Waals surface area (Å²) < 4.78 is 5.79. The summed E-state index contributed by atoms with van der Waals surface area (Å²) in [4.78, 5) is 22.8. The molecular formula is C23H34ClNO5. The molecule has 0 spiro atoms. The molecular weight excluding hydrogens is 406 g/mol. The highest BCUT2D eigenvalue weighted by Gasteiger charge is 2.51. The maximum atomic E-state index is 11.4. The number of ether oxygens (including phenoxy) is 1. The molecule has 0 saturated heterocycles. The summed E-state index contributed by atoms with van der Waals surface area (Å²) in [5.74, 6) is -1.85. The molecule has 1 aromatic carbocycles. The molecule has 0 amide bonds. The fraction of sp³-hybridized carbons (Fsp3) is 0.652. The fourth-order valence-corrected chi connectivity index (χ4v) is 4.23. The van der Waals surface area contributed by atoms with Crippen molar-refractivity contribution < 1.29 is 24.5 Å². The topological polar surface area (TPSA) is 95.9 Å². The first kappa shape index (κ1) is 24.5. The number of carboxylic acid groups (broad SMARTS) is 2. The number of halogens is 1. The molecule has 0 aliphatic heterocycles. The van der Waals surface area contributed by atoms with Gasteiger partial charge in [0.25, 0.3) is 0 Å². The standard InChI is InChI=1S/C23H34ClNO5/c1-2-3-4-5-6-7-8-13-30-20-10-9-17(14-19(20)24)16-25-18-11-12-23(15-18,21(26)27)22(28)29/h9-10,14,18,25H,2-8,11-13,15-16H2,1H3,(H,26,27)(H,28,29). The zero-order chi connectivity index (χ0) is 22.0. The van der Waals surface area contributed by atoms with E-state index in [9.17, 15) is 19.8 Å². The van der Waals surface area contributed by atoms with Gasteiger partial charge >= 0.3 is 11.9 Å². The first-order valence-corrected chi connectivity index (χ1v) is 11.4. The van der Waals surface area contributed by atoms with Gasteiger partial charge in [0.2, 0.25) is 0 Å². The van der Waals surface area contributed by atoms with Gasteiger partial charge in [0.15, 0.2) is 5.41 Å². The maximum Gasteiger partial charge on any atom is 0.321 e. The number of unbranched alkanes of at least 4 members (excludes halogenated alkanes) is 6. The minimum atomic E-state index is -1.68. The molecule has 1 aliphatic carbocycles. The van der Waals surface area contributed by atoms with Crippen molar-refractivity contribution in [1.29, 1.82) is 0 Å². The lowest BCUT2D eigenvalue weighted by atomic mass is 9.86. The molecule has 0 bridgehead atoms. The zero-order valence-corrected chi connectivity index (χ0v) is 18.5. The molecule has 1 saturated carbocycles. The van der Waals surface area contributed by atoms with Gasteiger partial charge in [-0.2, -0.15) is 0 Å². The number of carboxylic acids is 2. The Morgan fingerprint density at radius 3 is 2.40 bits per heavy atom. The van der Waals surface area contributed by atoms with Crippen LogP contribution in [-0.4, -0.2) is 34.8 Å². The van der Waals surface area contributed by atoms with E-state index in [0.717, 1.165) is 12.0 Å². The second-order valence-electron chi connectivity index (χ2n) is 8.25. The van der Waals surface area contributed by atoms with Crippen LogP contribution in [0.15, 0.2) is 18.2 Å². The van der Waals surface area contributed by atoms with E-state index < -0.39 is 17.4 Å². The molecule has 0 radical (unpaired) electrons. The van der Waals surface area contributed by atoms with Crippen LogP contribution in [0.3, 0.4) is 0 Å². The van der Waals surface area contributed by atoms with Gasteiger partial charge in [-0.15, -0.1) is 0 Å². The van der Waals surface area contributed by atoms with E-state index >= 15 is 0 Å². The Balaban J connectivity index is 1.73. The van der Waals surface area contributed by atoms with Gasteiger partial charge in [-0.05, 0) is 43.4 Å². The van der Waals surface area contributed by atoms with Gasteiger partial charge in [-0.25, -0.2) is 0 Å². The molecule has 30 heavy (non-hydrogen) atoms. The van der Waals surface area contributed by atoms with Crippen LogP contribution in [0.4, 0.5) is 0 Å². The summed E-state index contributed by atoms with van der Waals surface area (Å²) in [6.07, 6.45) is 9.35. The SMILES string of the molecule is CCCCCCCCCOc1ccc(CNC2CCC(C(=O)O)(C(=O)O)C2)cc1Cl. The number of carbonyl (C=O) groups is 2. The average molecular weight is 440 g/mol. The minimum Gasteiger partial charge on any atom is -0.492 e. The van der Waals surface area contributed by atoms with E-state index in [2.05, 4.69) is 12.2 Å². The fourth-order valence-electron chi connectivity index (χ4n) is 3.97. The van der Waals surface area contributed by atoms with Gasteiger partial charge in [-0.1, -0.05) is 63.1 Å². The van der Waals surface area contributed by atoms with Gasteiger partial charge in [0.1, 0.15) is 5.75 Å². The molecule has 1 fully saturated rings. The first-order chi connectivity index (χ1) is 14.4. The predicted octanol–water partition coefficient (Wildman–Crippen LogP) is 5.27. The summed E-state index contributed by atoms with van der Waals surface area (Å²) in [5.41, 5.74) is -0.727. The molecule has 6 nitrogen and oxygen atoms in total. The minimum absolute atomic E-state index is 0.0883. The Hall–Kier alpha value is -1.79. The highest BCUT2D eigenvalue weighted by atomic mass is 35.5. The van der Waals surface area contributed by atoms with Crippen molar-refractivity contribution >= 4 is 23.5 Å². The molecule has 3 N–H and O–H groups in total. The Kier molecular flexibility index (Phi) is 9.92. The number of rotatable bonds is 14. The van der Waals surface area contributed by atoms with Gasteiger partial charge < -0.3 is 20.3 Å². The third-order valence-corrected chi connectivity index (χ3v) is 6.23. The Morgan fingerprint density at radius 2 is 1.80 bits per heavy atom. The lowest BCUT2D eigenvalue weighted by Crippen LogP contribution is -2.39. The van der Waals surface area contributed by atoms with Crippen LogP contribution in [0.1, 0.15) is 76.7 Å². The molecule has 7 heteroatoms. The van der Waals surface area contributed by atoms with Crippen molar-refractivity contribution in [3.63, 3.8) is 0 Å². The number of aliphatic carboxylic acids is 2. The highest BCUT2D eigenvalue weighted by molar-refractivity contribution is 6.32. The van der Waals surface area contributed by atoms with Crippen molar-refractivity contribution in [2.24, 2.45) is 5.41 Å². The maximum absolute atomic E-state index is 11.4. The monoisotopic (exact) mass is 439 g/mol. The van der Waals surface area contributed by atoms with Crippen molar-refractivity contribution in [3.05, 3.63) is 28.8 Å². The van der Waals surface area contributed by atoms with Gasteiger partial charge in [0.05, 0.1) is 11.6 Å². The Morgan fingerprint density at radius 1 is 1.13 bits per heavy atom. The van der Waals surface area contributed by atoms with Crippen LogP contribution >= 0.6 is 11.6 Å². The molecule has 1 aliphatic rings. The molecule has 168 valence electrons. The van der Waals surface area contributed by atoms with Crippen LogP contribution < -0.4 is 10.1 Å². The number of hydrogen-bond acceptors (Lipinski definition) is 4. The summed E-state index contributed by atoms with van der Waals surface area (Å²) in [5, 5.41) is 22.4. The van der Waals surface area contributed by atoms with Crippen LogP contribution in [0.25, 0.3) is 0 Å². The van der Waals surface area contributed by atoms with Gasteiger partial charge in [-0.3, -0.25) is 9.59 Å². The summed E-state index contributed by atoms with van der Waals surface area (Å²) in [6.45, 7) is 3.37. The molecule has 0 aromatic heterocycles. The Bertz CT molecular complexity index is 695. The lowest BCUT2D eigenvalue weighted by molar-refractivity contribution is -0.164. The molecule has 1 atom stereocenters. The van der Waals surface area contributed by atoms with Crippen LogP contribution in [0, 0.1) is 5.41 Å². The van der Waals surface area contributed by atoms with Crippen molar-refractivity contribution in [3.8, 4) is 5.75 Å². The van der Waals surface area contributed by atoms with Gasteiger partial charge in [0, 0.05) is 12.6 Å². The summed E-state index contributed by atoms with van der Waals surface area (Å²) in [7, 11) is 0. The predicted molar refractivity (Wildman–Crippen MR) is 117 cm³/mol. The first-order valence-electron chi connectivity index (χ1n) is 11.0. The van der Waals surface area contributed by atoms with E-state index in [0.29, 0.717) is 30.3 Å². The Labute approximate surface area is 184 Å². The number of hydrogen-bond donors (Lipinski definition) is 3.